The van der Waals surface area contributed by atoms with Gasteiger partial charge in [-0.05, 0) is 31.0 Å². The predicted octanol–water partition coefficient (Wildman–Crippen LogP) is 1.19. The topological polar surface area (TPSA) is 142 Å². The second kappa shape index (κ2) is 11.8. The molecule has 3 rings (SSSR count). The summed E-state index contributed by atoms with van der Waals surface area (Å²) in [7, 11) is 0. The third-order valence-electron chi connectivity index (χ3n) is 4.26. The molecule has 0 aliphatic carbocycles. The molecule has 11 heteroatoms. The Balaban J connectivity index is 0.00000101. The van der Waals surface area contributed by atoms with E-state index in [2.05, 4.69) is 15.5 Å². The number of hydrogen-bond acceptors (Lipinski definition) is 8. The number of phenols is 1. The standard InChI is InChI=1S/C18H22N4O4S.CH2O2/c1-2-26-11-15-20-21-18(27-15)22-10-13(9-16(22)24)17(25)19-8-7-12-3-5-14(23)6-4-12;2-1-3/h3-6,13,23H,2,7-11H2,1H3,(H,19,25);1H,(H,2,3). The molecule has 0 bridgehead atoms. The molecule has 2 amide bonds. The summed E-state index contributed by atoms with van der Waals surface area (Å²) in [5, 5.41) is 28.3. The van der Waals surface area contributed by atoms with Gasteiger partial charge in [0.2, 0.25) is 16.9 Å². The minimum absolute atomic E-state index is 0.118. The maximum absolute atomic E-state index is 12.4. The van der Waals surface area contributed by atoms with E-state index in [9.17, 15) is 14.7 Å². The average molecular weight is 436 g/mol. The first-order valence-corrected chi connectivity index (χ1v) is 10.1. The maximum Gasteiger partial charge on any atom is 0.290 e. The lowest BCUT2D eigenvalue weighted by molar-refractivity contribution is -0.126. The minimum Gasteiger partial charge on any atom is -0.508 e. The van der Waals surface area contributed by atoms with E-state index in [1.165, 1.54) is 16.2 Å². The molecule has 1 saturated heterocycles. The lowest BCUT2D eigenvalue weighted by atomic mass is 10.1. The van der Waals surface area contributed by atoms with Gasteiger partial charge >= 0.3 is 0 Å². The van der Waals surface area contributed by atoms with Crippen molar-refractivity contribution in [2.24, 2.45) is 5.92 Å². The molecule has 1 aliphatic rings. The summed E-state index contributed by atoms with van der Waals surface area (Å²) in [5.41, 5.74) is 1.02. The number of nitrogens with zero attached hydrogens (tertiary/aromatic N) is 3. The number of aromatic nitrogens is 2. The molecule has 1 unspecified atom stereocenters. The molecule has 0 radical (unpaired) electrons. The Labute approximate surface area is 177 Å². The number of hydrogen-bond donors (Lipinski definition) is 3. The smallest absolute Gasteiger partial charge is 0.290 e. The van der Waals surface area contributed by atoms with Crippen molar-refractivity contribution in [3.05, 3.63) is 34.8 Å². The summed E-state index contributed by atoms with van der Waals surface area (Å²) in [6, 6.07) is 6.87. The van der Waals surface area contributed by atoms with Gasteiger partial charge in [-0.2, -0.15) is 0 Å². The third kappa shape index (κ3) is 6.78. The molecule has 0 saturated carbocycles. The molecule has 30 heavy (non-hydrogen) atoms. The number of carboxylic acid groups (broad SMARTS) is 1. The van der Waals surface area contributed by atoms with Gasteiger partial charge in [0.15, 0.2) is 0 Å². The first-order chi connectivity index (χ1) is 14.5. The predicted molar refractivity (Wildman–Crippen MR) is 109 cm³/mol. The largest absolute Gasteiger partial charge is 0.508 e. The van der Waals surface area contributed by atoms with Crippen LogP contribution in [0.1, 0.15) is 23.9 Å². The molecule has 3 N–H and O–H groups in total. The summed E-state index contributed by atoms with van der Waals surface area (Å²) in [6.45, 7) is 3.40. The van der Waals surface area contributed by atoms with E-state index in [1.807, 2.05) is 19.1 Å². The summed E-state index contributed by atoms with van der Waals surface area (Å²) in [4.78, 5) is 34.5. The molecule has 1 aliphatic heterocycles. The fourth-order valence-corrected chi connectivity index (χ4v) is 3.61. The highest BCUT2D eigenvalue weighted by molar-refractivity contribution is 7.15. The van der Waals surface area contributed by atoms with E-state index in [0.29, 0.717) is 42.9 Å². The summed E-state index contributed by atoms with van der Waals surface area (Å²) in [5.74, 6) is -0.429. The minimum atomic E-state index is -0.392. The van der Waals surface area contributed by atoms with Crippen LogP contribution in [0.2, 0.25) is 0 Å². The van der Waals surface area contributed by atoms with Crippen LogP contribution in [0, 0.1) is 5.92 Å². The molecule has 1 aromatic heterocycles. The Hall–Kier alpha value is -3.05. The zero-order valence-electron chi connectivity index (χ0n) is 16.5. The Morgan fingerprint density at radius 1 is 1.37 bits per heavy atom. The van der Waals surface area contributed by atoms with Crippen molar-refractivity contribution in [3.63, 3.8) is 0 Å². The number of aromatic hydroxyl groups is 1. The molecular weight excluding hydrogens is 412 g/mol. The fourth-order valence-electron chi connectivity index (χ4n) is 2.81. The lowest BCUT2D eigenvalue weighted by Gasteiger charge is -2.12. The molecule has 2 aromatic rings. The number of ether oxygens (including phenoxy) is 1. The quantitative estimate of drug-likeness (QED) is 0.524. The van der Waals surface area contributed by atoms with Gasteiger partial charge in [0, 0.05) is 26.1 Å². The first-order valence-electron chi connectivity index (χ1n) is 9.32. The molecule has 1 fully saturated rings. The second-order valence-electron chi connectivity index (χ2n) is 6.33. The first kappa shape index (κ1) is 23.2. The molecular formula is C19H24N4O6S. The van der Waals surface area contributed by atoms with Gasteiger partial charge in [-0.15, -0.1) is 10.2 Å². The monoisotopic (exact) mass is 436 g/mol. The van der Waals surface area contributed by atoms with E-state index < -0.39 is 5.92 Å². The van der Waals surface area contributed by atoms with E-state index in [4.69, 9.17) is 14.6 Å². The number of carbonyl (C=O) groups excluding carboxylic acids is 2. The highest BCUT2D eigenvalue weighted by Gasteiger charge is 2.36. The number of rotatable bonds is 8. The Bertz CT molecular complexity index is 842. The van der Waals surface area contributed by atoms with Gasteiger partial charge in [-0.1, -0.05) is 23.5 Å². The maximum atomic E-state index is 12.4. The van der Waals surface area contributed by atoms with Gasteiger partial charge < -0.3 is 20.3 Å². The van der Waals surface area contributed by atoms with Crippen molar-refractivity contribution in [3.8, 4) is 5.75 Å². The Morgan fingerprint density at radius 2 is 2.07 bits per heavy atom. The van der Waals surface area contributed by atoms with Crippen molar-refractivity contribution in [1.82, 2.24) is 15.5 Å². The Kier molecular flexibility index (Phi) is 9.16. The number of carbonyl (C=O) groups is 3. The number of benzene rings is 1. The van der Waals surface area contributed by atoms with Gasteiger partial charge in [0.25, 0.3) is 6.47 Å². The molecule has 1 atom stereocenters. The van der Waals surface area contributed by atoms with Crippen molar-refractivity contribution in [2.75, 3.05) is 24.6 Å². The molecule has 162 valence electrons. The summed E-state index contributed by atoms with van der Waals surface area (Å²) < 4.78 is 5.30. The van der Waals surface area contributed by atoms with Gasteiger partial charge in [-0.3, -0.25) is 19.3 Å². The number of amides is 2. The zero-order chi connectivity index (χ0) is 21.9. The van der Waals surface area contributed by atoms with Gasteiger partial charge in [0.1, 0.15) is 17.4 Å². The highest BCUT2D eigenvalue weighted by atomic mass is 32.1. The third-order valence-corrected chi connectivity index (χ3v) is 5.18. The summed E-state index contributed by atoms with van der Waals surface area (Å²) in [6.07, 6.45) is 0.832. The second-order valence-corrected chi connectivity index (χ2v) is 7.37. The van der Waals surface area contributed by atoms with Gasteiger partial charge in [0.05, 0.1) is 5.92 Å². The molecule has 2 heterocycles. The number of phenolic OH excluding ortho intramolecular Hbond substituents is 1. The van der Waals surface area contributed by atoms with Crippen LogP contribution in [-0.2, 0) is 32.1 Å². The van der Waals surface area contributed by atoms with Crippen LogP contribution in [0.5, 0.6) is 5.75 Å². The van der Waals surface area contributed by atoms with Crippen LogP contribution in [0.15, 0.2) is 24.3 Å². The van der Waals surface area contributed by atoms with E-state index >= 15 is 0 Å². The van der Waals surface area contributed by atoms with Crippen LogP contribution in [0.3, 0.4) is 0 Å². The average Bonchev–Trinajstić information content (AvgIpc) is 3.35. The number of nitrogens with one attached hydrogen (secondary N) is 1. The van der Waals surface area contributed by atoms with E-state index in [-0.39, 0.29) is 30.5 Å². The number of anilines is 1. The Morgan fingerprint density at radius 3 is 2.73 bits per heavy atom. The van der Waals surface area contributed by atoms with Crippen molar-refractivity contribution in [1.29, 1.82) is 0 Å². The zero-order valence-corrected chi connectivity index (χ0v) is 17.3. The molecule has 10 nitrogen and oxygen atoms in total. The lowest BCUT2D eigenvalue weighted by Crippen LogP contribution is -2.34. The van der Waals surface area contributed by atoms with Crippen LogP contribution in [-0.4, -0.2) is 58.4 Å². The van der Waals surface area contributed by atoms with Crippen molar-refractivity contribution >= 4 is 34.8 Å². The van der Waals surface area contributed by atoms with Crippen LogP contribution in [0.4, 0.5) is 5.13 Å². The SMILES string of the molecule is CCOCc1nnc(N2CC(C(=O)NCCc3ccc(O)cc3)CC2=O)s1.O=CO. The van der Waals surface area contributed by atoms with Crippen molar-refractivity contribution < 1.29 is 29.3 Å². The molecule has 0 spiro atoms. The van der Waals surface area contributed by atoms with E-state index in [0.717, 1.165) is 5.56 Å². The molecule has 1 aromatic carbocycles. The van der Waals surface area contributed by atoms with Gasteiger partial charge in [-0.25, -0.2) is 0 Å². The van der Waals surface area contributed by atoms with Crippen molar-refractivity contribution in [2.45, 2.75) is 26.4 Å². The van der Waals surface area contributed by atoms with Crippen LogP contribution in [0.25, 0.3) is 0 Å². The fraction of sp³-hybridized carbons (Fsp3) is 0.421. The van der Waals surface area contributed by atoms with E-state index in [1.54, 1.807) is 12.1 Å². The van der Waals surface area contributed by atoms with Crippen LogP contribution < -0.4 is 10.2 Å². The summed E-state index contributed by atoms with van der Waals surface area (Å²) >= 11 is 1.31. The highest BCUT2D eigenvalue weighted by Crippen LogP contribution is 2.28. The van der Waals surface area contributed by atoms with Crippen LogP contribution >= 0.6 is 11.3 Å². The normalized spacial score (nSPS) is 15.4.